The summed E-state index contributed by atoms with van der Waals surface area (Å²) in [5.74, 6) is 0.220. The molecule has 1 aliphatic rings. The standard InChI is InChI=1S/C16H16ClNO3S2/c1-23(19,20)21-16-14-8-3-2-7-13(14)15(10-18-16)22-12-6-4-5-11(17)9-12/h4-6,9-10H,2-3,7-8H2,1H3. The summed E-state index contributed by atoms with van der Waals surface area (Å²) >= 11 is 7.63. The number of pyridine rings is 1. The van der Waals surface area contributed by atoms with Gasteiger partial charge in [0.2, 0.25) is 5.88 Å². The molecule has 1 heterocycles. The maximum Gasteiger partial charge on any atom is 0.307 e. The smallest absolute Gasteiger partial charge is 0.307 e. The van der Waals surface area contributed by atoms with Crippen molar-refractivity contribution in [2.45, 2.75) is 35.5 Å². The summed E-state index contributed by atoms with van der Waals surface area (Å²) in [6.45, 7) is 0. The molecular formula is C16H16ClNO3S2. The first-order valence-electron chi connectivity index (χ1n) is 7.26. The number of hydrogen-bond acceptors (Lipinski definition) is 5. The SMILES string of the molecule is CS(=O)(=O)Oc1ncc(Sc2cccc(Cl)c2)c2c1CCCC2. The first-order chi connectivity index (χ1) is 10.9. The predicted octanol–water partition coefficient (Wildman–Crippen LogP) is 4.10. The van der Waals surface area contributed by atoms with E-state index < -0.39 is 10.1 Å². The molecule has 3 rings (SSSR count). The van der Waals surface area contributed by atoms with Gasteiger partial charge in [0.25, 0.3) is 0 Å². The Balaban J connectivity index is 1.99. The van der Waals surface area contributed by atoms with E-state index in [1.54, 1.807) is 18.0 Å². The van der Waals surface area contributed by atoms with Crippen molar-refractivity contribution < 1.29 is 12.6 Å². The van der Waals surface area contributed by atoms with Gasteiger partial charge in [-0.05, 0) is 49.4 Å². The molecule has 0 unspecified atom stereocenters. The fourth-order valence-corrected chi connectivity index (χ4v) is 4.37. The first kappa shape index (κ1) is 16.6. The number of hydrogen-bond donors (Lipinski definition) is 0. The van der Waals surface area contributed by atoms with Crippen LogP contribution in [0.15, 0.2) is 40.3 Å². The van der Waals surface area contributed by atoms with Gasteiger partial charge in [-0.15, -0.1) is 0 Å². The number of nitrogens with zero attached hydrogens (tertiary/aromatic N) is 1. The van der Waals surface area contributed by atoms with Crippen molar-refractivity contribution in [3.8, 4) is 5.88 Å². The molecule has 1 aromatic heterocycles. The molecule has 0 amide bonds. The Morgan fingerprint density at radius 1 is 1.22 bits per heavy atom. The molecule has 0 N–H and O–H groups in total. The molecule has 0 saturated carbocycles. The molecule has 0 radical (unpaired) electrons. The van der Waals surface area contributed by atoms with Gasteiger partial charge in [-0.3, -0.25) is 0 Å². The average molecular weight is 370 g/mol. The van der Waals surface area contributed by atoms with Crippen molar-refractivity contribution in [1.82, 2.24) is 4.98 Å². The van der Waals surface area contributed by atoms with Gasteiger partial charge in [0.1, 0.15) is 0 Å². The van der Waals surface area contributed by atoms with Crippen LogP contribution in [0.25, 0.3) is 0 Å². The molecule has 0 fully saturated rings. The monoisotopic (exact) mass is 369 g/mol. The molecule has 23 heavy (non-hydrogen) atoms. The van der Waals surface area contributed by atoms with E-state index in [4.69, 9.17) is 15.8 Å². The van der Waals surface area contributed by atoms with E-state index in [1.165, 1.54) is 0 Å². The molecule has 4 nitrogen and oxygen atoms in total. The molecule has 122 valence electrons. The minimum atomic E-state index is -3.57. The average Bonchev–Trinajstić information content (AvgIpc) is 2.49. The summed E-state index contributed by atoms with van der Waals surface area (Å²) in [7, 11) is -3.57. The quantitative estimate of drug-likeness (QED) is 0.759. The first-order valence-corrected chi connectivity index (χ1v) is 10.3. The Morgan fingerprint density at radius 3 is 2.65 bits per heavy atom. The van der Waals surface area contributed by atoms with Crippen molar-refractivity contribution >= 4 is 33.5 Å². The van der Waals surface area contributed by atoms with Gasteiger partial charge in [-0.1, -0.05) is 29.4 Å². The van der Waals surface area contributed by atoms with Crippen LogP contribution >= 0.6 is 23.4 Å². The second kappa shape index (κ2) is 6.71. The Kier molecular flexibility index (Phi) is 4.85. The van der Waals surface area contributed by atoms with Gasteiger partial charge >= 0.3 is 10.1 Å². The molecule has 1 aromatic carbocycles. The highest BCUT2D eigenvalue weighted by atomic mass is 35.5. The van der Waals surface area contributed by atoms with E-state index in [0.717, 1.165) is 52.9 Å². The molecule has 0 atom stereocenters. The van der Waals surface area contributed by atoms with Crippen LogP contribution in [0.5, 0.6) is 5.88 Å². The number of halogens is 1. The van der Waals surface area contributed by atoms with E-state index in [-0.39, 0.29) is 5.88 Å². The fourth-order valence-electron chi connectivity index (χ4n) is 2.65. The fraction of sp³-hybridized carbons (Fsp3) is 0.312. The van der Waals surface area contributed by atoms with Gasteiger partial charge in [0, 0.05) is 26.6 Å². The Morgan fingerprint density at radius 2 is 1.96 bits per heavy atom. The number of benzene rings is 1. The normalized spacial score (nSPS) is 14.3. The van der Waals surface area contributed by atoms with Gasteiger partial charge in [0.05, 0.1) is 6.26 Å². The van der Waals surface area contributed by atoms with E-state index in [2.05, 4.69) is 4.98 Å². The maximum atomic E-state index is 11.4. The predicted molar refractivity (Wildman–Crippen MR) is 91.9 cm³/mol. The van der Waals surface area contributed by atoms with Crippen LogP contribution in [0.3, 0.4) is 0 Å². The molecule has 0 saturated heterocycles. The summed E-state index contributed by atoms with van der Waals surface area (Å²) in [6.07, 6.45) is 6.52. The topological polar surface area (TPSA) is 56.3 Å². The van der Waals surface area contributed by atoms with Crippen LogP contribution in [0, 0.1) is 0 Å². The van der Waals surface area contributed by atoms with E-state index in [9.17, 15) is 8.42 Å². The third-order valence-electron chi connectivity index (χ3n) is 3.58. The second-order valence-corrected chi connectivity index (χ2v) is 8.57. The van der Waals surface area contributed by atoms with Crippen LogP contribution in [-0.2, 0) is 23.0 Å². The van der Waals surface area contributed by atoms with Gasteiger partial charge in [-0.25, -0.2) is 4.98 Å². The van der Waals surface area contributed by atoms with Crippen molar-refractivity contribution in [3.63, 3.8) is 0 Å². The van der Waals surface area contributed by atoms with Crippen molar-refractivity contribution in [3.05, 3.63) is 46.6 Å². The molecule has 1 aliphatic carbocycles. The van der Waals surface area contributed by atoms with Gasteiger partial charge in [-0.2, -0.15) is 8.42 Å². The molecule has 0 aliphatic heterocycles. The third kappa shape index (κ3) is 4.19. The molecule has 2 aromatic rings. The Bertz CT molecular complexity index is 837. The zero-order valence-electron chi connectivity index (χ0n) is 12.6. The minimum absolute atomic E-state index is 0.220. The summed E-state index contributed by atoms with van der Waals surface area (Å²) in [6, 6.07) is 7.64. The molecule has 7 heteroatoms. The minimum Gasteiger partial charge on any atom is -0.362 e. The lowest BCUT2D eigenvalue weighted by Crippen LogP contribution is -2.13. The Labute approximate surface area is 145 Å². The molecule has 0 spiro atoms. The van der Waals surface area contributed by atoms with Crippen molar-refractivity contribution in [2.24, 2.45) is 0 Å². The second-order valence-electron chi connectivity index (χ2n) is 5.44. The van der Waals surface area contributed by atoms with Crippen LogP contribution in [0.1, 0.15) is 24.0 Å². The number of fused-ring (bicyclic) bond motifs is 1. The van der Waals surface area contributed by atoms with Crippen LogP contribution in [-0.4, -0.2) is 19.7 Å². The van der Waals surface area contributed by atoms with Crippen LogP contribution in [0.2, 0.25) is 5.02 Å². The van der Waals surface area contributed by atoms with Gasteiger partial charge in [0.15, 0.2) is 0 Å². The number of rotatable bonds is 4. The summed E-state index contributed by atoms with van der Waals surface area (Å²) in [4.78, 5) is 6.30. The highest BCUT2D eigenvalue weighted by Crippen LogP contribution is 2.38. The highest BCUT2D eigenvalue weighted by molar-refractivity contribution is 7.99. The lowest BCUT2D eigenvalue weighted by atomic mass is 9.93. The summed E-state index contributed by atoms with van der Waals surface area (Å²) < 4.78 is 27.9. The lowest BCUT2D eigenvalue weighted by molar-refractivity contribution is 0.473. The largest absolute Gasteiger partial charge is 0.362 e. The summed E-state index contributed by atoms with van der Waals surface area (Å²) in [5.41, 5.74) is 2.04. The molecule has 0 bridgehead atoms. The van der Waals surface area contributed by atoms with Crippen molar-refractivity contribution in [2.75, 3.05) is 6.26 Å². The van der Waals surface area contributed by atoms with Gasteiger partial charge < -0.3 is 4.18 Å². The number of aromatic nitrogens is 1. The molecular weight excluding hydrogens is 354 g/mol. The summed E-state index contributed by atoms with van der Waals surface area (Å²) in [5, 5.41) is 0.689. The van der Waals surface area contributed by atoms with Crippen molar-refractivity contribution in [1.29, 1.82) is 0 Å². The Hall–Kier alpha value is -1.24. The zero-order valence-corrected chi connectivity index (χ0v) is 15.0. The van der Waals surface area contributed by atoms with E-state index in [0.29, 0.717) is 5.02 Å². The van der Waals surface area contributed by atoms with Crippen LogP contribution in [0.4, 0.5) is 0 Å². The third-order valence-corrected chi connectivity index (χ3v) is 5.33. The maximum absolute atomic E-state index is 11.4. The van der Waals surface area contributed by atoms with Crippen LogP contribution < -0.4 is 4.18 Å². The lowest BCUT2D eigenvalue weighted by Gasteiger charge is -2.20. The van der Waals surface area contributed by atoms with E-state index >= 15 is 0 Å². The highest BCUT2D eigenvalue weighted by Gasteiger charge is 2.22. The zero-order chi connectivity index (χ0) is 16.4. The van der Waals surface area contributed by atoms with E-state index in [1.807, 2.05) is 24.3 Å².